The van der Waals surface area contributed by atoms with Gasteiger partial charge in [0, 0.05) is 19.0 Å². The van der Waals surface area contributed by atoms with Crippen LogP contribution in [0.3, 0.4) is 0 Å². The zero-order chi connectivity index (χ0) is 13.0. The third kappa shape index (κ3) is 3.78. The number of hydrogen-bond acceptors (Lipinski definition) is 5. The average Bonchev–Trinajstić information content (AvgIpc) is 2.76. The highest BCUT2D eigenvalue weighted by molar-refractivity contribution is 4.88. The molecule has 1 saturated heterocycles. The van der Waals surface area contributed by atoms with Crippen LogP contribution in [-0.2, 0) is 13.0 Å². The molecule has 0 aromatic carbocycles. The Kier molecular flexibility index (Phi) is 4.72. The van der Waals surface area contributed by atoms with Crippen molar-refractivity contribution in [2.45, 2.75) is 45.7 Å². The minimum atomic E-state index is 0.554. The Balaban J connectivity index is 1.86. The van der Waals surface area contributed by atoms with E-state index in [0.29, 0.717) is 12.0 Å². The molecule has 0 amide bonds. The number of aromatic nitrogens is 2. The fourth-order valence-electron chi connectivity index (χ4n) is 2.35. The van der Waals surface area contributed by atoms with Crippen LogP contribution in [0.15, 0.2) is 4.52 Å². The van der Waals surface area contributed by atoms with Crippen molar-refractivity contribution in [3.05, 3.63) is 11.7 Å². The quantitative estimate of drug-likeness (QED) is 0.859. The monoisotopic (exact) mass is 252 g/mol. The molecule has 1 aliphatic rings. The number of nitrogens with zero attached hydrogens (tertiary/aromatic N) is 3. The standard InChI is InChI=1S/C13H24N4O/c1-10(2)7-13-15-12(16-18-13)9-17(3)11-5-4-6-14-8-11/h10-11,14H,4-9H2,1-3H3/t11-/m0/s1. The fraction of sp³-hybridized carbons (Fsp3) is 0.846. The molecule has 0 saturated carbocycles. The molecule has 2 rings (SSSR count). The molecule has 0 spiro atoms. The molecular weight excluding hydrogens is 228 g/mol. The SMILES string of the molecule is CC(C)Cc1nc(CN(C)[C@H]2CCCNC2)no1. The van der Waals surface area contributed by atoms with Gasteiger partial charge in [0.2, 0.25) is 5.89 Å². The summed E-state index contributed by atoms with van der Waals surface area (Å²) in [7, 11) is 2.14. The summed E-state index contributed by atoms with van der Waals surface area (Å²) < 4.78 is 5.26. The van der Waals surface area contributed by atoms with E-state index in [1.54, 1.807) is 0 Å². The summed E-state index contributed by atoms with van der Waals surface area (Å²) in [6.45, 7) is 7.29. The molecule has 1 aliphatic heterocycles. The number of hydrogen-bond donors (Lipinski definition) is 1. The predicted molar refractivity (Wildman–Crippen MR) is 70.2 cm³/mol. The van der Waals surface area contributed by atoms with Crippen molar-refractivity contribution < 1.29 is 4.52 Å². The molecule has 5 nitrogen and oxygen atoms in total. The van der Waals surface area contributed by atoms with Gasteiger partial charge in [0.15, 0.2) is 5.82 Å². The maximum atomic E-state index is 5.26. The van der Waals surface area contributed by atoms with Crippen molar-refractivity contribution in [3.63, 3.8) is 0 Å². The highest BCUT2D eigenvalue weighted by atomic mass is 16.5. The first-order valence-electron chi connectivity index (χ1n) is 6.87. The van der Waals surface area contributed by atoms with E-state index in [1.807, 2.05) is 0 Å². The summed E-state index contributed by atoms with van der Waals surface area (Å²) in [5.41, 5.74) is 0. The normalized spacial score (nSPS) is 20.8. The topological polar surface area (TPSA) is 54.2 Å². The Hall–Kier alpha value is -0.940. The second-order valence-electron chi connectivity index (χ2n) is 5.62. The summed E-state index contributed by atoms with van der Waals surface area (Å²) in [4.78, 5) is 6.76. The molecular formula is C13H24N4O. The van der Waals surface area contributed by atoms with Gasteiger partial charge in [0.1, 0.15) is 0 Å². The molecule has 1 atom stereocenters. The molecule has 1 N–H and O–H groups in total. The van der Waals surface area contributed by atoms with Crippen LogP contribution in [0.2, 0.25) is 0 Å². The van der Waals surface area contributed by atoms with Gasteiger partial charge in [-0.05, 0) is 32.4 Å². The first-order chi connectivity index (χ1) is 8.65. The maximum absolute atomic E-state index is 5.26. The van der Waals surface area contributed by atoms with Gasteiger partial charge >= 0.3 is 0 Å². The van der Waals surface area contributed by atoms with Crippen molar-refractivity contribution in [1.82, 2.24) is 20.4 Å². The summed E-state index contributed by atoms with van der Waals surface area (Å²) in [6, 6.07) is 0.589. The highest BCUT2D eigenvalue weighted by Gasteiger charge is 2.19. The molecule has 0 radical (unpaired) electrons. The van der Waals surface area contributed by atoms with E-state index in [-0.39, 0.29) is 0 Å². The molecule has 5 heteroatoms. The van der Waals surface area contributed by atoms with Crippen LogP contribution in [0.1, 0.15) is 38.4 Å². The zero-order valence-corrected chi connectivity index (χ0v) is 11.6. The van der Waals surface area contributed by atoms with Crippen LogP contribution >= 0.6 is 0 Å². The molecule has 18 heavy (non-hydrogen) atoms. The van der Waals surface area contributed by atoms with Crippen molar-refractivity contribution >= 4 is 0 Å². The van der Waals surface area contributed by atoms with Crippen LogP contribution in [0.25, 0.3) is 0 Å². The second kappa shape index (κ2) is 6.29. The Bertz CT molecular complexity index is 358. The Morgan fingerprint density at radius 3 is 3.00 bits per heavy atom. The van der Waals surface area contributed by atoms with E-state index in [2.05, 4.69) is 41.3 Å². The van der Waals surface area contributed by atoms with Gasteiger partial charge in [-0.2, -0.15) is 4.98 Å². The van der Waals surface area contributed by atoms with Gasteiger partial charge < -0.3 is 9.84 Å². The van der Waals surface area contributed by atoms with Crippen LogP contribution in [-0.4, -0.2) is 41.2 Å². The number of piperidine rings is 1. The largest absolute Gasteiger partial charge is 0.339 e. The third-order valence-electron chi connectivity index (χ3n) is 3.38. The Morgan fingerprint density at radius 1 is 1.50 bits per heavy atom. The molecule has 1 aromatic rings. The van der Waals surface area contributed by atoms with Gasteiger partial charge in [0.05, 0.1) is 6.54 Å². The lowest BCUT2D eigenvalue weighted by Gasteiger charge is -2.30. The van der Waals surface area contributed by atoms with E-state index in [4.69, 9.17) is 4.52 Å². The lowest BCUT2D eigenvalue weighted by atomic mass is 10.1. The fourth-order valence-corrected chi connectivity index (χ4v) is 2.35. The van der Waals surface area contributed by atoms with E-state index < -0.39 is 0 Å². The van der Waals surface area contributed by atoms with Crippen LogP contribution in [0, 0.1) is 5.92 Å². The first kappa shape index (κ1) is 13.5. The van der Waals surface area contributed by atoms with Crippen LogP contribution < -0.4 is 5.32 Å². The molecule has 102 valence electrons. The van der Waals surface area contributed by atoms with E-state index in [1.165, 1.54) is 12.8 Å². The van der Waals surface area contributed by atoms with Crippen molar-refractivity contribution in [3.8, 4) is 0 Å². The molecule has 0 aliphatic carbocycles. The van der Waals surface area contributed by atoms with E-state index in [0.717, 1.165) is 37.8 Å². The summed E-state index contributed by atoms with van der Waals surface area (Å²) in [6.07, 6.45) is 3.36. The highest BCUT2D eigenvalue weighted by Crippen LogP contribution is 2.12. The number of rotatable bonds is 5. The van der Waals surface area contributed by atoms with Gasteiger partial charge in [-0.1, -0.05) is 19.0 Å². The first-order valence-corrected chi connectivity index (χ1v) is 6.87. The molecule has 1 fully saturated rings. The summed E-state index contributed by atoms with van der Waals surface area (Å²) in [5, 5.41) is 7.48. The van der Waals surface area contributed by atoms with Crippen molar-refractivity contribution in [1.29, 1.82) is 0 Å². The van der Waals surface area contributed by atoms with E-state index >= 15 is 0 Å². The lowest BCUT2D eigenvalue weighted by molar-refractivity contribution is 0.189. The molecule has 1 aromatic heterocycles. The Morgan fingerprint density at radius 2 is 2.33 bits per heavy atom. The summed E-state index contributed by atoms with van der Waals surface area (Å²) in [5.74, 6) is 2.12. The van der Waals surface area contributed by atoms with Gasteiger partial charge in [0.25, 0.3) is 0 Å². The van der Waals surface area contributed by atoms with Crippen LogP contribution in [0.4, 0.5) is 0 Å². The Labute approximate surface area is 109 Å². The predicted octanol–water partition coefficient (Wildman–Crippen LogP) is 1.45. The molecule has 0 bridgehead atoms. The molecule has 2 heterocycles. The summed E-state index contributed by atoms with van der Waals surface area (Å²) >= 11 is 0. The number of nitrogens with one attached hydrogen (secondary N) is 1. The minimum absolute atomic E-state index is 0.554. The number of likely N-dealkylation sites (N-methyl/N-ethyl adjacent to an activating group) is 1. The minimum Gasteiger partial charge on any atom is -0.339 e. The average molecular weight is 252 g/mol. The zero-order valence-electron chi connectivity index (χ0n) is 11.6. The van der Waals surface area contributed by atoms with Gasteiger partial charge in [-0.3, -0.25) is 4.90 Å². The van der Waals surface area contributed by atoms with E-state index in [9.17, 15) is 0 Å². The van der Waals surface area contributed by atoms with Gasteiger partial charge in [-0.25, -0.2) is 0 Å². The second-order valence-corrected chi connectivity index (χ2v) is 5.62. The third-order valence-corrected chi connectivity index (χ3v) is 3.38. The van der Waals surface area contributed by atoms with Gasteiger partial charge in [-0.15, -0.1) is 0 Å². The van der Waals surface area contributed by atoms with Crippen molar-refractivity contribution in [2.24, 2.45) is 5.92 Å². The lowest BCUT2D eigenvalue weighted by Crippen LogP contribution is -2.43. The molecule has 0 unspecified atom stereocenters. The van der Waals surface area contributed by atoms with Crippen molar-refractivity contribution in [2.75, 3.05) is 20.1 Å². The van der Waals surface area contributed by atoms with Crippen LogP contribution in [0.5, 0.6) is 0 Å². The maximum Gasteiger partial charge on any atom is 0.226 e. The smallest absolute Gasteiger partial charge is 0.226 e.